The number of thiol groups is 2. The molecule has 0 amide bonds. The van der Waals surface area contributed by atoms with Gasteiger partial charge in [0.25, 0.3) is 0 Å². The molecule has 0 fully saturated rings. The summed E-state index contributed by atoms with van der Waals surface area (Å²) in [4.78, 5) is 1.89. The van der Waals surface area contributed by atoms with E-state index in [0.717, 1.165) is 29.9 Å². The maximum Gasteiger partial charge on any atom is 0.0186 e. The van der Waals surface area contributed by atoms with Crippen molar-refractivity contribution in [2.75, 3.05) is 0 Å². The van der Waals surface area contributed by atoms with Crippen molar-refractivity contribution in [3.05, 3.63) is 56.5 Å². The van der Waals surface area contributed by atoms with Gasteiger partial charge >= 0.3 is 0 Å². The molecule has 0 radical (unpaired) electrons. The van der Waals surface area contributed by atoms with Gasteiger partial charge in [-0.1, -0.05) is 56.1 Å². The first kappa shape index (κ1) is 14.3. The van der Waals surface area contributed by atoms with Crippen molar-refractivity contribution in [1.82, 2.24) is 0 Å². The van der Waals surface area contributed by atoms with Crippen LogP contribution in [0.4, 0.5) is 0 Å². The van der Waals surface area contributed by atoms with Crippen molar-refractivity contribution in [2.45, 2.75) is 9.79 Å². The topological polar surface area (TPSA) is 0 Å². The van der Waals surface area contributed by atoms with Gasteiger partial charge in [-0.2, -0.15) is 0 Å². The lowest BCUT2D eigenvalue weighted by Gasteiger charge is -2.02. The van der Waals surface area contributed by atoms with Gasteiger partial charge in [0.2, 0.25) is 0 Å². The van der Waals surface area contributed by atoms with Crippen molar-refractivity contribution in [3.8, 4) is 0 Å². The zero-order valence-corrected chi connectivity index (χ0v) is 14.2. The molecule has 0 N–H and O–H groups in total. The average molecular weight is 402 g/mol. The first-order valence-electron chi connectivity index (χ1n) is 5.21. The predicted octanol–water partition coefficient (Wildman–Crippen LogP) is 5.96. The van der Waals surface area contributed by atoms with Gasteiger partial charge in [-0.25, -0.2) is 0 Å². The van der Waals surface area contributed by atoms with Crippen LogP contribution in [-0.4, -0.2) is 0 Å². The monoisotopic (exact) mass is 400 g/mol. The van der Waals surface area contributed by atoms with Crippen LogP contribution in [0, 0.1) is 0 Å². The molecule has 0 bridgehead atoms. The highest BCUT2D eigenvalue weighted by Gasteiger charge is 1.98. The molecule has 0 nitrogen and oxygen atoms in total. The lowest BCUT2D eigenvalue weighted by molar-refractivity contribution is 1.40. The van der Waals surface area contributed by atoms with Crippen LogP contribution in [0.5, 0.6) is 0 Å². The van der Waals surface area contributed by atoms with Gasteiger partial charge in [0, 0.05) is 18.7 Å². The van der Waals surface area contributed by atoms with Crippen LogP contribution in [0.25, 0.3) is 12.2 Å². The van der Waals surface area contributed by atoms with Crippen LogP contribution in [0.3, 0.4) is 0 Å². The van der Waals surface area contributed by atoms with Crippen LogP contribution >= 0.6 is 57.1 Å². The lowest BCUT2D eigenvalue weighted by Crippen LogP contribution is -1.79. The number of halogens is 2. The minimum atomic E-state index is 0.943. The highest BCUT2D eigenvalue weighted by Crippen LogP contribution is 2.24. The maximum absolute atomic E-state index is 4.45. The lowest BCUT2D eigenvalue weighted by atomic mass is 10.1. The summed E-state index contributed by atoms with van der Waals surface area (Å²) in [6.45, 7) is 0. The Labute approximate surface area is 135 Å². The second kappa shape index (κ2) is 6.33. The molecule has 0 aliphatic heterocycles. The zero-order chi connectivity index (χ0) is 13.1. The third-order valence-electron chi connectivity index (χ3n) is 2.43. The van der Waals surface area contributed by atoms with Crippen molar-refractivity contribution in [3.63, 3.8) is 0 Å². The molecule has 0 spiro atoms. The summed E-state index contributed by atoms with van der Waals surface area (Å²) in [6, 6.07) is 12.0. The smallest absolute Gasteiger partial charge is 0.0186 e. The molecule has 0 saturated carbocycles. The SMILES string of the molecule is Sc1cc(Br)ccc1/C=C/c1ccc(Br)cc1S. The molecule has 0 atom stereocenters. The third kappa shape index (κ3) is 3.67. The van der Waals surface area contributed by atoms with E-state index in [9.17, 15) is 0 Å². The van der Waals surface area contributed by atoms with Crippen LogP contribution in [0.15, 0.2) is 55.1 Å². The largest absolute Gasteiger partial charge is 0.143 e. The molecule has 92 valence electrons. The van der Waals surface area contributed by atoms with E-state index in [0.29, 0.717) is 0 Å². The highest BCUT2D eigenvalue weighted by atomic mass is 79.9. The first-order valence-corrected chi connectivity index (χ1v) is 7.69. The molecule has 4 heteroatoms. The van der Waals surface area contributed by atoms with Gasteiger partial charge in [-0.15, -0.1) is 25.3 Å². The quantitative estimate of drug-likeness (QED) is 0.450. The molecular weight excluding hydrogens is 392 g/mol. The molecule has 2 aromatic rings. The minimum Gasteiger partial charge on any atom is -0.143 e. The Balaban J connectivity index is 2.30. The van der Waals surface area contributed by atoms with E-state index in [4.69, 9.17) is 0 Å². The summed E-state index contributed by atoms with van der Waals surface area (Å²) in [7, 11) is 0. The van der Waals surface area contributed by atoms with Crippen molar-refractivity contribution in [1.29, 1.82) is 0 Å². The van der Waals surface area contributed by atoms with Gasteiger partial charge in [0.15, 0.2) is 0 Å². The fraction of sp³-hybridized carbons (Fsp3) is 0. The second-order valence-corrected chi connectivity index (χ2v) is 6.53. The van der Waals surface area contributed by atoms with Crippen molar-refractivity contribution < 1.29 is 0 Å². The number of rotatable bonds is 2. The van der Waals surface area contributed by atoms with E-state index in [-0.39, 0.29) is 0 Å². The standard InChI is InChI=1S/C14H10Br2S2/c15-11-5-3-9(13(17)7-11)1-2-10-4-6-12(16)8-14(10)18/h1-8,17-18H/b2-1+. The maximum atomic E-state index is 4.45. The summed E-state index contributed by atoms with van der Waals surface area (Å²) in [5.41, 5.74) is 2.16. The minimum absolute atomic E-state index is 0.943. The molecule has 0 saturated heterocycles. The van der Waals surface area contributed by atoms with Gasteiger partial charge in [-0.05, 0) is 35.4 Å². The van der Waals surface area contributed by atoms with E-state index in [1.165, 1.54) is 0 Å². The Morgan fingerprint density at radius 2 is 1.11 bits per heavy atom. The molecule has 0 heterocycles. The average Bonchev–Trinajstić information content (AvgIpc) is 2.30. The number of hydrogen-bond acceptors (Lipinski definition) is 2. The summed E-state index contributed by atoms with van der Waals surface area (Å²) >= 11 is 15.7. The Morgan fingerprint density at radius 1 is 0.722 bits per heavy atom. The van der Waals surface area contributed by atoms with E-state index in [1.54, 1.807) is 0 Å². The molecule has 2 rings (SSSR count). The Morgan fingerprint density at radius 3 is 1.44 bits per heavy atom. The van der Waals surface area contributed by atoms with Crippen LogP contribution < -0.4 is 0 Å². The third-order valence-corrected chi connectivity index (χ3v) is 4.19. The van der Waals surface area contributed by atoms with Gasteiger partial charge in [0.05, 0.1) is 0 Å². The predicted molar refractivity (Wildman–Crippen MR) is 91.7 cm³/mol. The second-order valence-electron chi connectivity index (χ2n) is 3.74. The highest BCUT2D eigenvalue weighted by molar-refractivity contribution is 9.10. The summed E-state index contributed by atoms with van der Waals surface area (Å²) in [6.07, 6.45) is 4.08. The van der Waals surface area contributed by atoms with E-state index in [2.05, 4.69) is 57.1 Å². The van der Waals surface area contributed by atoms with Gasteiger partial charge in [0.1, 0.15) is 0 Å². The number of hydrogen-bond donors (Lipinski definition) is 2. The van der Waals surface area contributed by atoms with Gasteiger partial charge in [-0.3, -0.25) is 0 Å². The Hall–Kier alpha value is -0.160. The van der Waals surface area contributed by atoms with E-state index >= 15 is 0 Å². The molecule has 0 aliphatic rings. The van der Waals surface area contributed by atoms with Gasteiger partial charge < -0.3 is 0 Å². The fourth-order valence-corrected chi connectivity index (χ4v) is 3.15. The van der Waals surface area contributed by atoms with Crippen LogP contribution in [-0.2, 0) is 0 Å². The van der Waals surface area contributed by atoms with Crippen molar-refractivity contribution in [2.24, 2.45) is 0 Å². The Kier molecular flexibility index (Phi) is 5.01. The van der Waals surface area contributed by atoms with E-state index < -0.39 is 0 Å². The normalized spacial score (nSPS) is 11.1. The summed E-state index contributed by atoms with van der Waals surface area (Å²) in [5, 5.41) is 0. The summed E-state index contributed by atoms with van der Waals surface area (Å²) in [5.74, 6) is 0. The van der Waals surface area contributed by atoms with Crippen LogP contribution in [0.2, 0.25) is 0 Å². The fourth-order valence-electron chi connectivity index (χ4n) is 1.50. The molecule has 0 aliphatic carbocycles. The van der Waals surface area contributed by atoms with Crippen molar-refractivity contribution >= 4 is 69.3 Å². The van der Waals surface area contributed by atoms with E-state index in [1.807, 2.05) is 48.6 Å². The summed E-state index contributed by atoms with van der Waals surface area (Å²) < 4.78 is 2.06. The molecule has 0 aromatic heterocycles. The molecule has 18 heavy (non-hydrogen) atoms. The van der Waals surface area contributed by atoms with Crippen LogP contribution in [0.1, 0.15) is 11.1 Å². The molecule has 0 unspecified atom stereocenters. The molecular formula is C14H10Br2S2. The first-order chi connectivity index (χ1) is 8.56. The number of benzene rings is 2. The zero-order valence-electron chi connectivity index (χ0n) is 9.27. The Bertz CT molecular complexity index is 553. The molecule has 2 aromatic carbocycles.